The highest BCUT2D eigenvalue weighted by molar-refractivity contribution is 5.78. The molecule has 1 aliphatic carbocycles. The zero-order valence-corrected chi connectivity index (χ0v) is 11.1. The van der Waals surface area contributed by atoms with Gasteiger partial charge in [-0.05, 0) is 36.5 Å². The summed E-state index contributed by atoms with van der Waals surface area (Å²) in [4.78, 5) is 11.8. The summed E-state index contributed by atoms with van der Waals surface area (Å²) in [5.74, 6) is -0.719. The van der Waals surface area contributed by atoms with Crippen LogP contribution < -0.4 is 11.1 Å². The van der Waals surface area contributed by atoms with Gasteiger partial charge in [0.15, 0.2) is 0 Å². The number of nitrogens with two attached hydrogens (primary N) is 1. The molecule has 2 rings (SSSR count). The van der Waals surface area contributed by atoms with Crippen LogP contribution in [0.5, 0.6) is 0 Å². The zero-order valence-electron chi connectivity index (χ0n) is 11.1. The first-order chi connectivity index (χ1) is 9.23. The summed E-state index contributed by atoms with van der Waals surface area (Å²) in [7, 11) is 0. The van der Waals surface area contributed by atoms with Crippen LogP contribution in [0.25, 0.3) is 0 Å². The first-order valence-corrected chi connectivity index (χ1v) is 6.47. The van der Waals surface area contributed by atoms with E-state index in [-0.39, 0.29) is 25.2 Å². The fourth-order valence-corrected chi connectivity index (χ4v) is 2.14. The SMILES string of the molecule is CC(CC(=O)NC1(C(F)(F)F)CC1)c1ccc(N)cc1. The molecule has 0 saturated heterocycles. The van der Waals surface area contributed by atoms with E-state index in [0.29, 0.717) is 5.69 Å². The fourth-order valence-electron chi connectivity index (χ4n) is 2.14. The lowest BCUT2D eigenvalue weighted by Crippen LogP contribution is -2.48. The summed E-state index contributed by atoms with van der Waals surface area (Å²) < 4.78 is 38.2. The lowest BCUT2D eigenvalue weighted by atomic mass is 9.97. The average Bonchev–Trinajstić information content (AvgIpc) is 3.09. The number of amides is 1. The summed E-state index contributed by atoms with van der Waals surface area (Å²) in [6.45, 7) is 1.80. The summed E-state index contributed by atoms with van der Waals surface area (Å²) >= 11 is 0. The van der Waals surface area contributed by atoms with Crippen molar-refractivity contribution in [2.45, 2.75) is 43.8 Å². The van der Waals surface area contributed by atoms with E-state index in [4.69, 9.17) is 5.73 Å². The molecule has 1 unspecified atom stereocenters. The van der Waals surface area contributed by atoms with Crippen molar-refractivity contribution in [1.29, 1.82) is 0 Å². The third-order valence-electron chi connectivity index (χ3n) is 3.67. The van der Waals surface area contributed by atoms with Gasteiger partial charge < -0.3 is 11.1 Å². The molecule has 0 aliphatic heterocycles. The highest BCUT2D eigenvalue weighted by Gasteiger charge is 2.64. The number of carbonyl (C=O) groups is 1. The van der Waals surface area contributed by atoms with Crippen LogP contribution in [0.3, 0.4) is 0 Å². The molecule has 0 radical (unpaired) electrons. The Morgan fingerprint density at radius 2 is 1.90 bits per heavy atom. The monoisotopic (exact) mass is 286 g/mol. The predicted molar refractivity (Wildman–Crippen MR) is 70.0 cm³/mol. The molecule has 3 nitrogen and oxygen atoms in total. The molecular weight excluding hydrogens is 269 g/mol. The van der Waals surface area contributed by atoms with Crippen molar-refractivity contribution in [3.8, 4) is 0 Å². The normalized spacial score (nSPS) is 18.4. The molecule has 1 aliphatic rings. The molecule has 0 heterocycles. The molecule has 1 aromatic carbocycles. The van der Waals surface area contributed by atoms with Gasteiger partial charge in [0.25, 0.3) is 0 Å². The van der Waals surface area contributed by atoms with Gasteiger partial charge in [0, 0.05) is 12.1 Å². The Labute approximate surface area is 115 Å². The highest BCUT2D eigenvalue weighted by Crippen LogP contribution is 2.49. The number of alkyl halides is 3. The van der Waals surface area contributed by atoms with Crippen LogP contribution in [0.1, 0.15) is 37.7 Å². The van der Waals surface area contributed by atoms with Crippen LogP contribution in [-0.2, 0) is 4.79 Å². The van der Waals surface area contributed by atoms with E-state index in [0.717, 1.165) is 5.56 Å². The largest absolute Gasteiger partial charge is 0.411 e. The molecule has 3 N–H and O–H groups in total. The number of halogens is 3. The molecule has 1 aromatic rings. The van der Waals surface area contributed by atoms with Crippen LogP contribution in [0.4, 0.5) is 18.9 Å². The summed E-state index contributed by atoms with van der Waals surface area (Å²) in [5.41, 5.74) is 5.07. The van der Waals surface area contributed by atoms with Crippen molar-refractivity contribution in [3.05, 3.63) is 29.8 Å². The predicted octanol–water partition coefficient (Wildman–Crippen LogP) is 2.97. The Bertz CT molecular complexity index is 492. The summed E-state index contributed by atoms with van der Waals surface area (Å²) in [6.07, 6.45) is -4.40. The van der Waals surface area contributed by atoms with Crippen molar-refractivity contribution in [2.24, 2.45) is 0 Å². The third-order valence-corrected chi connectivity index (χ3v) is 3.67. The van der Waals surface area contributed by atoms with Crippen molar-refractivity contribution in [1.82, 2.24) is 5.32 Å². The van der Waals surface area contributed by atoms with Gasteiger partial charge in [-0.15, -0.1) is 0 Å². The van der Waals surface area contributed by atoms with E-state index < -0.39 is 17.6 Å². The molecule has 1 amide bonds. The molecule has 6 heteroatoms. The number of carbonyl (C=O) groups excluding carboxylic acids is 1. The first kappa shape index (κ1) is 14.7. The van der Waals surface area contributed by atoms with Gasteiger partial charge in [0.1, 0.15) is 5.54 Å². The van der Waals surface area contributed by atoms with Gasteiger partial charge in [-0.1, -0.05) is 19.1 Å². The van der Waals surface area contributed by atoms with Crippen molar-refractivity contribution in [3.63, 3.8) is 0 Å². The second-order valence-corrected chi connectivity index (χ2v) is 5.40. The number of hydrogen-bond donors (Lipinski definition) is 2. The Balaban J connectivity index is 1.93. The third kappa shape index (κ3) is 3.05. The molecule has 110 valence electrons. The maximum atomic E-state index is 12.7. The van der Waals surface area contributed by atoms with Gasteiger partial charge in [0.05, 0.1) is 0 Å². The minimum absolute atomic E-state index is 0.0293. The quantitative estimate of drug-likeness (QED) is 0.836. The molecule has 1 atom stereocenters. The molecule has 1 saturated carbocycles. The minimum atomic E-state index is -4.37. The Hall–Kier alpha value is -1.72. The van der Waals surface area contributed by atoms with E-state index >= 15 is 0 Å². The van der Waals surface area contributed by atoms with Crippen LogP contribution in [0.15, 0.2) is 24.3 Å². The fraction of sp³-hybridized carbons (Fsp3) is 0.500. The molecule has 1 fully saturated rings. The highest BCUT2D eigenvalue weighted by atomic mass is 19.4. The van der Waals surface area contributed by atoms with Gasteiger partial charge in [-0.2, -0.15) is 13.2 Å². The average molecular weight is 286 g/mol. The number of nitrogen functional groups attached to an aromatic ring is 1. The first-order valence-electron chi connectivity index (χ1n) is 6.47. The Morgan fingerprint density at radius 1 is 1.35 bits per heavy atom. The standard InChI is InChI=1S/C14H17F3N2O/c1-9(10-2-4-11(18)5-3-10)8-12(20)19-13(6-7-13)14(15,16)17/h2-5,9H,6-8,18H2,1H3,(H,19,20). The number of anilines is 1. The lowest BCUT2D eigenvalue weighted by molar-refractivity contribution is -0.170. The second-order valence-electron chi connectivity index (χ2n) is 5.40. The molecule has 0 aromatic heterocycles. The number of benzene rings is 1. The van der Waals surface area contributed by atoms with E-state index in [1.807, 2.05) is 0 Å². The van der Waals surface area contributed by atoms with E-state index in [2.05, 4.69) is 5.32 Å². The van der Waals surface area contributed by atoms with Crippen LogP contribution in [-0.4, -0.2) is 17.6 Å². The van der Waals surface area contributed by atoms with Crippen LogP contribution in [0, 0.1) is 0 Å². The lowest BCUT2D eigenvalue weighted by Gasteiger charge is -2.21. The topological polar surface area (TPSA) is 55.1 Å². The summed E-state index contributed by atoms with van der Waals surface area (Å²) in [5, 5.41) is 2.13. The van der Waals surface area contributed by atoms with Crippen LogP contribution in [0.2, 0.25) is 0 Å². The molecule has 20 heavy (non-hydrogen) atoms. The van der Waals surface area contributed by atoms with Crippen LogP contribution >= 0.6 is 0 Å². The van der Waals surface area contributed by atoms with E-state index in [9.17, 15) is 18.0 Å². The van der Waals surface area contributed by atoms with E-state index in [1.54, 1.807) is 31.2 Å². The molecule has 0 spiro atoms. The van der Waals surface area contributed by atoms with Gasteiger partial charge in [0.2, 0.25) is 5.91 Å². The number of rotatable bonds is 4. The second kappa shape index (κ2) is 5.00. The van der Waals surface area contributed by atoms with Crippen molar-refractivity contribution >= 4 is 11.6 Å². The van der Waals surface area contributed by atoms with Crippen molar-refractivity contribution < 1.29 is 18.0 Å². The maximum absolute atomic E-state index is 12.7. The zero-order chi connectivity index (χ0) is 15.0. The van der Waals surface area contributed by atoms with E-state index in [1.165, 1.54) is 0 Å². The minimum Gasteiger partial charge on any atom is -0.399 e. The summed E-state index contributed by atoms with van der Waals surface area (Å²) in [6, 6.07) is 6.98. The number of nitrogens with one attached hydrogen (secondary N) is 1. The smallest absolute Gasteiger partial charge is 0.399 e. The maximum Gasteiger partial charge on any atom is 0.411 e. The van der Waals surface area contributed by atoms with Crippen molar-refractivity contribution in [2.75, 3.05) is 5.73 Å². The molecule has 0 bridgehead atoms. The number of hydrogen-bond acceptors (Lipinski definition) is 2. The molecular formula is C14H17F3N2O. The Kier molecular flexibility index (Phi) is 3.67. The van der Waals surface area contributed by atoms with Gasteiger partial charge in [-0.25, -0.2) is 0 Å². The van der Waals surface area contributed by atoms with Gasteiger partial charge >= 0.3 is 6.18 Å². The Morgan fingerprint density at radius 3 is 2.35 bits per heavy atom. The van der Waals surface area contributed by atoms with Gasteiger partial charge in [-0.3, -0.25) is 4.79 Å².